The molecule has 1 rings (SSSR count). The molecule has 1 aromatic rings. The molecule has 0 bridgehead atoms. The summed E-state index contributed by atoms with van der Waals surface area (Å²) in [5, 5.41) is 7.24. The third kappa shape index (κ3) is 10.0. The second-order valence-corrected chi connectivity index (χ2v) is 6.71. The molecule has 0 aliphatic carbocycles. The van der Waals surface area contributed by atoms with Crippen LogP contribution in [0.15, 0.2) is 29.4 Å². The van der Waals surface area contributed by atoms with E-state index in [4.69, 9.17) is 14.3 Å². The predicted molar refractivity (Wildman–Crippen MR) is 113 cm³/mol. The molecule has 0 heterocycles. The first kappa shape index (κ1) is 23.0. The number of oxime groups is 1. The highest BCUT2D eigenvalue weighted by atomic mass is 16.6. The van der Waals surface area contributed by atoms with Crippen LogP contribution in [0.2, 0.25) is 0 Å². The maximum Gasteiger partial charge on any atom is 0.125 e. The standard InChI is InChI=1S/C22H36N2O3/c1-6-7-13-26-21-15-18(2)22(19(3)16-21)27-14-11-9-8-10-12-23-17-20(4)24-25-5/h6-7,15-16,23H,8-14,17H2,1-5H3/b7-6+,24-20?. The lowest BCUT2D eigenvalue weighted by molar-refractivity contribution is 0.212. The van der Waals surface area contributed by atoms with Gasteiger partial charge >= 0.3 is 0 Å². The van der Waals surface area contributed by atoms with Gasteiger partial charge < -0.3 is 19.6 Å². The lowest BCUT2D eigenvalue weighted by Crippen LogP contribution is -2.22. The van der Waals surface area contributed by atoms with Crippen LogP contribution < -0.4 is 14.8 Å². The minimum atomic E-state index is 0.600. The highest BCUT2D eigenvalue weighted by molar-refractivity contribution is 5.83. The number of hydrogen-bond acceptors (Lipinski definition) is 5. The average Bonchev–Trinajstić information content (AvgIpc) is 2.62. The van der Waals surface area contributed by atoms with Crippen molar-refractivity contribution >= 4 is 5.71 Å². The van der Waals surface area contributed by atoms with Gasteiger partial charge in [0, 0.05) is 6.54 Å². The van der Waals surface area contributed by atoms with E-state index in [1.165, 1.54) is 12.8 Å². The van der Waals surface area contributed by atoms with Crippen LogP contribution in [-0.4, -0.2) is 39.1 Å². The van der Waals surface area contributed by atoms with Gasteiger partial charge in [0.2, 0.25) is 0 Å². The number of hydrogen-bond donors (Lipinski definition) is 1. The molecular formula is C22H36N2O3. The number of nitrogens with one attached hydrogen (secondary N) is 1. The fourth-order valence-corrected chi connectivity index (χ4v) is 2.80. The highest BCUT2D eigenvalue weighted by Crippen LogP contribution is 2.28. The number of allylic oxidation sites excluding steroid dienone is 1. The molecule has 0 atom stereocenters. The van der Waals surface area contributed by atoms with Gasteiger partial charge in [-0.3, -0.25) is 0 Å². The van der Waals surface area contributed by atoms with E-state index in [0.29, 0.717) is 6.61 Å². The molecule has 0 saturated heterocycles. The van der Waals surface area contributed by atoms with Gasteiger partial charge in [-0.1, -0.05) is 30.1 Å². The molecule has 0 amide bonds. The molecule has 0 aliphatic heterocycles. The fourth-order valence-electron chi connectivity index (χ4n) is 2.80. The maximum absolute atomic E-state index is 6.02. The largest absolute Gasteiger partial charge is 0.493 e. The molecule has 152 valence electrons. The van der Waals surface area contributed by atoms with Gasteiger partial charge in [0.25, 0.3) is 0 Å². The number of rotatable bonds is 14. The van der Waals surface area contributed by atoms with Gasteiger partial charge in [0.15, 0.2) is 0 Å². The van der Waals surface area contributed by atoms with Crippen LogP contribution in [-0.2, 0) is 4.84 Å². The first-order valence-corrected chi connectivity index (χ1v) is 9.83. The monoisotopic (exact) mass is 376 g/mol. The first-order chi connectivity index (χ1) is 13.1. The van der Waals surface area contributed by atoms with Crippen molar-refractivity contribution in [2.45, 2.75) is 53.4 Å². The van der Waals surface area contributed by atoms with Crippen molar-refractivity contribution in [3.05, 3.63) is 35.4 Å². The minimum Gasteiger partial charge on any atom is -0.493 e. The van der Waals surface area contributed by atoms with Gasteiger partial charge in [-0.25, -0.2) is 0 Å². The van der Waals surface area contributed by atoms with Crippen LogP contribution in [0.25, 0.3) is 0 Å². The summed E-state index contributed by atoms with van der Waals surface area (Å²) in [4.78, 5) is 4.73. The lowest BCUT2D eigenvalue weighted by atomic mass is 10.1. The summed E-state index contributed by atoms with van der Waals surface area (Å²) in [5.41, 5.74) is 3.22. The Labute approximate surface area is 164 Å². The molecule has 0 unspecified atom stereocenters. The van der Waals surface area contributed by atoms with E-state index in [-0.39, 0.29) is 0 Å². The Hall–Kier alpha value is -2.01. The van der Waals surface area contributed by atoms with E-state index in [0.717, 1.165) is 60.9 Å². The van der Waals surface area contributed by atoms with E-state index in [1.807, 2.05) is 38.1 Å². The van der Waals surface area contributed by atoms with Crippen molar-refractivity contribution in [2.24, 2.45) is 5.16 Å². The molecule has 1 N–H and O–H groups in total. The van der Waals surface area contributed by atoms with E-state index < -0.39 is 0 Å². The summed E-state index contributed by atoms with van der Waals surface area (Å²) in [5.74, 6) is 1.89. The number of benzene rings is 1. The summed E-state index contributed by atoms with van der Waals surface area (Å²) in [6.07, 6.45) is 8.60. The van der Waals surface area contributed by atoms with Crippen LogP contribution in [0, 0.1) is 13.8 Å². The quantitative estimate of drug-likeness (QED) is 0.219. The second-order valence-electron chi connectivity index (χ2n) is 6.71. The van der Waals surface area contributed by atoms with Gasteiger partial charge in [0.1, 0.15) is 25.2 Å². The molecule has 0 aliphatic rings. The van der Waals surface area contributed by atoms with Gasteiger partial charge in [-0.05, 0) is 70.3 Å². The van der Waals surface area contributed by atoms with Crippen LogP contribution in [0.5, 0.6) is 11.5 Å². The van der Waals surface area contributed by atoms with E-state index >= 15 is 0 Å². The van der Waals surface area contributed by atoms with Crippen LogP contribution in [0.3, 0.4) is 0 Å². The summed E-state index contributed by atoms with van der Waals surface area (Å²) < 4.78 is 11.7. The van der Waals surface area contributed by atoms with Crippen LogP contribution in [0.1, 0.15) is 50.7 Å². The predicted octanol–water partition coefficient (Wildman–Crippen LogP) is 4.81. The number of unbranched alkanes of at least 4 members (excludes halogenated alkanes) is 3. The highest BCUT2D eigenvalue weighted by Gasteiger charge is 2.07. The van der Waals surface area contributed by atoms with Crippen molar-refractivity contribution in [1.82, 2.24) is 5.32 Å². The lowest BCUT2D eigenvalue weighted by Gasteiger charge is -2.14. The van der Waals surface area contributed by atoms with E-state index in [9.17, 15) is 0 Å². The Bertz CT molecular complexity index is 574. The van der Waals surface area contributed by atoms with Crippen molar-refractivity contribution in [1.29, 1.82) is 0 Å². The number of aryl methyl sites for hydroxylation is 2. The Morgan fingerprint density at radius 2 is 1.78 bits per heavy atom. The molecule has 1 aromatic carbocycles. The zero-order chi connectivity index (χ0) is 19.9. The third-order valence-corrected chi connectivity index (χ3v) is 4.14. The number of nitrogens with zero attached hydrogens (tertiary/aromatic N) is 1. The molecular weight excluding hydrogens is 340 g/mol. The Balaban J connectivity index is 2.20. The number of ether oxygens (including phenoxy) is 2. The zero-order valence-electron chi connectivity index (χ0n) is 17.6. The normalized spacial score (nSPS) is 11.8. The molecule has 5 heteroatoms. The molecule has 0 spiro atoms. The first-order valence-electron chi connectivity index (χ1n) is 9.83. The summed E-state index contributed by atoms with van der Waals surface area (Å²) in [6.45, 7) is 11.2. The third-order valence-electron chi connectivity index (χ3n) is 4.14. The van der Waals surface area contributed by atoms with Crippen molar-refractivity contribution in [2.75, 3.05) is 33.4 Å². The van der Waals surface area contributed by atoms with Crippen molar-refractivity contribution < 1.29 is 14.3 Å². The molecule has 0 saturated carbocycles. The maximum atomic E-state index is 6.02. The van der Waals surface area contributed by atoms with Crippen molar-refractivity contribution in [3.8, 4) is 11.5 Å². The molecule has 27 heavy (non-hydrogen) atoms. The Kier molecular flexibility index (Phi) is 12.0. The van der Waals surface area contributed by atoms with Gasteiger partial charge in [-0.15, -0.1) is 0 Å². The van der Waals surface area contributed by atoms with Crippen molar-refractivity contribution in [3.63, 3.8) is 0 Å². The Morgan fingerprint density at radius 1 is 1.07 bits per heavy atom. The molecule has 0 aromatic heterocycles. The second kappa shape index (κ2) is 14.1. The van der Waals surface area contributed by atoms with Crippen LogP contribution in [0.4, 0.5) is 0 Å². The molecule has 5 nitrogen and oxygen atoms in total. The average molecular weight is 377 g/mol. The molecule has 0 fully saturated rings. The molecule has 0 radical (unpaired) electrons. The smallest absolute Gasteiger partial charge is 0.125 e. The summed E-state index contributed by atoms with van der Waals surface area (Å²) >= 11 is 0. The summed E-state index contributed by atoms with van der Waals surface area (Å²) in [7, 11) is 1.57. The van der Waals surface area contributed by atoms with Crippen LogP contribution >= 0.6 is 0 Å². The Morgan fingerprint density at radius 3 is 2.44 bits per heavy atom. The minimum absolute atomic E-state index is 0.600. The summed E-state index contributed by atoms with van der Waals surface area (Å²) in [6, 6.07) is 4.10. The topological polar surface area (TPSA) is 52.1 Å². The van der Waals surface area contributed by atoms with Gasteiger partial charge in [-0.2, -0.15) is 0 Å². The van der Waals surface area contributed by atoms with E-state index in [2.05, 4.69) is 24.3 Å². The fraction of sp³-hybridized carbons (Fsp3) is 0.591. The zero-order valence-corrected chi connectivity index (χ0v) is 17.6. The van der Waals surface area contributed by atoms with Gasteiger partial charge in [0.05, 0.1) is 12.3 Å². The van der Waals surface area contributed by atoms with E-state index in [1.54, 1.807) is 7.11 Å². The SMILES string of the molecule is C/C=C/COc1cc(C)c(OCCCCCCNCC(C)=NOC)c(C)c1.